The van der Waals surface area contributed by atoms with Crippen LogP contribution in [0.3, 0.4) is 0 Å². The highest BCUT2D eigenvalue weighted by Crippen LogP contribution is 2.66. The fraction of sp³-hybridized carbons (Fsp3) is 0.556. The highest BCUT2D eigenvalue weighted by molar-refractivity contribution is 7.66. The lowest BCUT2D eigenvalue weighted by molar-refractivity contribution is -0.107. The van der Waals surface area contributed by atoms with E-state index in [-0.39, 0.29) is 5.82 Å². The summed E-state index contributed by atoms with van der Waals surface area (Å²) in [5, 5.41) is 20.4. The van der Waals surface area contributed by atoms with E-state index >= 15 is 0 Å². The number of hydrogen-bond acceptors (Lipinski definition) is 13. The van der Waals surface area contributed by atoms with Gasteiger partial charge in [-0.15, -0.1) is 0 Å². The number of nitrogen functional groups attached to an aromatic ring is 1. The van der Waals surface area contributed by atoms with Crippen molar-refractivity contribution in [2.24, 2.45) is 5.73 Å². The third kappa shape index (κ3) is 6.23. The second-order valence-corrected chi connectivity index (χ2v) is 10.2. The molecule has 1 aromatic rings. The van der Waals surface area contributed by atoms with Crippen LogP contribution < -0.4 is 17.2 Å². The lowest BCUT2D eigenvalue weighted by atomic mass is 10.1. The fourth-order valence-corrected chi connectivity index (χ4v) is 5.32. The normalized spacial score (nSPS) is 31.2. The Hall–Kier alpha value is -1.07. The van der Waals surface area contributed by atoms with E-state index in [1.54, 1.807) is 0 Å². The molecular weight excluding hydrogens is 481 g/mol. The molecule has 1 saturated heterocycles. The fourth-order valence-electron chi connectivity index (χ4n) is 2.29. The van der Waals surface area contributed by atoms with Gasteiger partial charge in [0.2, 0.25) is 0 Å². The average molecular weight is 498 g/mol. The monoisotopic (exact) mass is 498 g/mol. The van der Waals surface area contributed by atoms with Crippen LogP contribution in [-0.2, 0) is 31.6 Å². The number of phosphoric ester groups is 1. The molecule has 10 N–H and O–H groups in total. The minimum Gasteiger partial charge on any atom is -0.386 e. The molecule has 18 nitrogen and oxygen atoms in total. The average Bonchev–Trinajstić information content (AvgIpc) is 2.73. The first-order chi connectivity index (χ1) is 13.4. The topological polar surface area (TPSA) is 296 Å². The van der Waals surface area contributed by atoms with E-state index in [1.165, 1.54) is 0 Å². The van der Waals surface area contributed by atoms with Crippen molar-refractivity contribution in [3.63, 3.8) is 0 Å². The maximum atomic E-state index is 11.9. The summed E-state index contributed by atoms with van der Waals surface area (Å²) in [5.41, 5.74) is 7.23. The molecular formula is C9H17N4O14P3. The Bertz CT molecular complexity index is 991. The number of nitrogens with zero attached hydrogens (tertiary/aromatic N) is 2. The summed E-state index contributed by atoms with van der Waals surface area (Å²) >= 11 is 0. The zero-order valence-corrected chi connectivity index (χ0v) is 17.1. The summed E-state index contributed by atoms with van der Waals surface area (Å²) in [4.78, 5) is 50.6. The maximum Gasteiger partial charge on any atom is 0.490 e. The molecule has 6 atom stereocenters. The second kappa shape index (κ2) is 8.46. The Morgan fingerprint density at radius 3 is 2.33 bits per heavy atom. The molecule has 30 heavy (non-hydrogen) atoms. The number of phosphoric acid groups is 3. The van der Waals surface area contributed by atoms with Crippen molar-refractivity contribution in [1.29, 1.82) is 0 Å². The first kappa shape index (κ1) is 25.2. The van der Waals surface area contributed by atoms with Crippen LogP contribution in [0.4, 0.5) is 5.82 Å². The molecule has 1 fully saturated rings. The van der Waals surface area contributed by atoms with Crippen molar-refractivity contribution in [3.05, 3.63) is 22.7 Å². The molecule has 2 heterocycles. The van der Waals surface area contributed by atoms with Crippen LogP contribution in [0.1, 0.15) is 6.23 Å². The summed E-state index contributed by atoms with van der Waals surface area (Å²) in [5.74, 6) is -0.167. The molecule has 172 valence electrons. The largest absolute Gasteiger partial charge is 0.490 e. The predicted octanol–water partition coefficient (Wildman–Crippen LogP) is -2.93. The van der Waals surface area contributed by atoms with E-state index in [4.69, 9.17) is 30.9 Å². The Kier molecular flexibility index (Phi) is 7.10. The zero-order chi connectivity index (χ0) is 23.1. The molecule has 1 aromatic heterocycles. The number of hydrogen-bond donors (Lipinski definition) is 8. The van der Waals surface area contributed by atoms with Crippen LogP contribution in [0.5, 0.6) is 0 Å². The molecule has 0 spiro atoms. The van der Waals surface area contributed by atoms with Gasteiger partial charge in [-0.1, -0.05) is 0 Å². The van der Waals surface area contributed by atoms with Gasteiger partial charge >= 0.3 is 29.2 Å². The maximum absolute atomic E-state index is 11.9. The standard InChI is InChI=1S/C9H17N4O14P3/c10-5-1-2-13(8(15)12-5)7-9(11,16)6(14)4(25-7)3-24-29(20,21)27-30(22,23)26-28(17,18)19/h1-2,4,6-7,14,16H,3,11H2,(H,20,21)(H,22,23)(H2,10,12,15)(H2,17,18,19)/t4-,6-,7-,9-/m1/s1. The summed E-state index contributed by atoms with van der Waals surface area (Å²) in [6, 6.07) is 1.15. The van der Waals surface area contributed by atoms with E-state index in [1.807, 2.05) is 0 Å². The number of aliphatic hydroxyl groups is 2. The molecule has 0 saturated carbocycles. The highest BCUT2D eigenvalue weighted by atomic mass is 31.3. The number of aliphatic hydroxyl groups excluding tert-OH is 1. The molecule has 21 heteroatoms. The van der Waals surface area contributed by atoms with Crippen molar-refractivity contribution >= 4 is 29.3 Å². The molecule has 0 bridgehead atoms. The Morgan fingerprint density at radius 1 is 1.20 bits per heavy atom. The summed E-state index contributed by atoms with van der Waals surface area (Å²) < 4.78 is 50.7. The van der Waals surface area contributed by atoms with Crippen molar-refractivity contribution in [1.82, 2.24) is 9.55 Å². The first-order valence-corrected chi connectivity index (χ1v) is 11.9. The van der Waals surface area contributed by atoms with Gasteiger partial charge in [-0.2, -0.15) is 13.6 Å². The van der Waals surface area contributed by atoms with Gasteiger partial charge in [-0.3, -0.25) is 14.8 Å². The van der Waals surface area contributed by atoms with Crippen LogP contribution in [0, 0.1) is 0 Å². The van der Waals surface area contributed by atoms with Gasteiger partial charge in [-0.05, 0) is 6.07 Å². The predicted molar refractivity (Wildman–Crippen MR) is 91.8 cm³/mol. The third-order valence-electron chi connectivity index (χ3n) is 3.45. The zero-order valence-electron chi connectivity index (χ0n) is 14.4. The van der Waals surface area contributed by atoms with Gasteiger partial charge in [0.05, 0.1) is 6.61 Å². The van der Waals surface area contributed by atoms with Crippen LogP contribution in [0.2, 0.25) is 0 Å². The highest BCUT2D eigenvalue weighted by Gasteiger charge is 2.55. The molecule has 1 aliphatic rings. The molecule has 2 rings (SSSR count). The lowest BCUT2D eigenvalue weighted by Gasteiger charge is -2.27. The van der Waals surface area contributed by atoms with Crippen molar-refractivity contribution < 1.29 is 61.4 Å². The Labute approximate surface area is 166 Å². The number of aromatic nitrogens is 2. The molecule has 1 aliphatic heterocycles. The van der Waals surface area contributed by atoms with E-state index in [9.17, 15) is 33.6 Å². The van der Waals surface area contributed by atoms with Crippen molar-refractivity contribution in [2.75, 3.05) is 12.3 Å². The van der Waals surface area contributed by atoms with E-state index in [0.717, 1.165) is 12.3 Å². The Balaban J connectivity index is 2.12. The van der Waals surface area contributed by atoms with Crippen LogP contribution in [0.15, 0.2) is 17.1 Å². The minimum atomic E-state index is -5.75. The Morgan fingerprint density at radius 2 is 1.80 bits per heavy atom. The van der Waals surface area contributed by atoms with Crippen LogP contribution >= 0.6 is 23.5 Å². The summed E-state index contributed by atoms with van der Waals surface area (Å²) in [7, 11) is -16.9. The minimum absolute atomic E-state index is 0.167. The number of anilines is 1. The van der Waals surface area contributed by atoms with Crippen molar-refractivity contribution in [2.45, 2.75) is 24.2 Å². The second-order valence-electron chi connectivity index (χ2n) is 5.79. The smallest absolute Gasteiger partial charge is 0.386 e. The van der Waals surface area contributed by atoms with E-state index in [2.05, 4.69) is 18.1 Å². The molecule has 0 aromatic carbocycles. The third-order valence-corrected chi connectivity index (χ3v) is 7.25. The number of nitrogens with two attached hydrogens (primary N) is 2. The van der Waals surface area contributed by atoms with Gasteiger partial charge in [0.25, 0.3) is 0 Å². The van der Waals surface area contributed by atoms with E-state index < -0.39 is 59.9 Å². The lowest BCUT2D eigenvalue weighted by Crippen LogP contribution is -2.55. The molecule has 2 unspecified atom stereocenters. The number of rotatable bonds is 8. The van der Waals surface area contributed by atoms with Gasteiger partial charge < -0.3 is 40.3 Å². The molecule has 0 amide bonds. The molecule has 0 radical (unpaired) electrons. The molecule has 0 aliphatic carbocycles. The SMILES string of the molecule is Nc1ccn([C@@H]2O[C@H](COP(=O)(O)OP(=O)(O)OP(=O)(O)O)[C@@H](O)[C@@]2(N)O)c(=O)n1. The van der Waals surface area contributed by atoms with Crippen LogP contribution in [-0.4, -0.2) is 63.9 Å². The van der Waals surface area contributed by atoms with Gasteiger partial charge in [0, 0.05) is 6.20 Å². The van der Waals surface area contributed by atoms with Crippen molar-refractivity contribution in [3.8, 4) is 0 Å². The van der Waals surface area contributed by atoms with Gasteiger partial charge in [0.15, 0.2) is 12.0 Å². The quantitative estimate of drug-likeness (QED) is 0.131. The van der Waals surface area contributed by atoms with Gasteiger partial charge in [0.1, 0.15) is 18.0 Å². The number of ether oxygens (including phenoxy) is 1. The summed E-state index contributed by atoms with van der Waals surface area (Å²) in [6.45, 7) is -1.11. The summed E-state index contributed by atoms with van der Waals surface area (Å²) in [6.07, 6.45) is -4.45. The van der Waals surface area contributed by atoms with Crippen LogP contribution in [0.25, 0.3) is 0 Å². The first-order valence-electron chi connectivity index (χ1n) is 7.41. The van der Waals surface area contributed by atoms with Gasteiger partial charge in [-0.25, -0.2) is 18.5 Å². The van der Waals surface area contributed by atoms with E-state index in [0.29, 0.717) is 4.57 Å².